The average molecular weight is 349 g/mol. The fraction of sp³-hybridized carbons (Fsp3) is 0.0833. The first-order valence-corrected chi connectivity index (χ1v) is 6.83. The molecule has 0 aliphatic rings. The second-order valence-electron chi connectivity index (χ2n) is 3.61. The first-order valence-electron chi connectivity index (χ1n) is 5.15. The van der Waals surface area contributed by atoms with Crippen LogP contribution >= 0.6 is 27.3 Å². The highest BCUT2D eigenvalue weighted by Crippen LogP contribution is 2.29. The zero-order valence-electron chi connectivity index (χ0n) is 9.41. The van der Waals surface area contributed by atoms with Gasteiger partial charge in [0.1, 0.15) is 0 Å². The van der Waals surface area contributed by atoms with E-state index in [0.717, 1.165) is 21.5 Å². The van der Waals surface area contributed by atoms with Crippen molar-refractivity contribution < 1.29 is 13.2 Å². The Morgan fingerprint density at radius 1 is 1.21 bits per heavy atom. The molecule has 100 valence electrons. The molecule has 1 aromatic carbocycles. The number of hydrogen-bond acceptors (Lipinski definition) is 3. The van der Waals surface area contributed by atoms with Crippen LogP contribution in [-0.4, -0.2) is 6.21 Å². The highest BCUT2D eigenvalue weighted by Gasteiger charge is 2.29. The second-order valence-corrected chi connectivity index (χ2v) is 5.47. The molecule has 7 heteroatoms. The van der Waals surface area contributed by atoms with Gasteiger partial charge in [-0.1, -0.05) is 0 Å². The zero-order chi connectivity index (χ0) is 13.9. The van der Waals surface area contributed by atoms with Gasteiger partial charge in [-0.15, -0.1) is 11.3 Å². The van der Waals surface area contributed by atoms with Gasteiger partial charge in [0, 0.05) is 14.7 Å². The van der Waals surface area contributed by atoms with E-state index in [0.29, 0.717) is 5.69 Å². The molecule has 0 saturated heterocycles. The maximum atomic E-state index is 12.3. The number of hydrazone groups is 1. The number of halogens is 4. The van der Waals surface area contributed by atoms with E-state index in [2.05, 4.69) is 26.5 Å². The van der Waals surface area contributed by atoms with Crippen molar-refractivity contribution in [3.8, 4) is 0 Å². The first-order chi connectivity index (χ1) is 8.95. The van der Waals surface area contributed by atoms with Gasteiger partial charge < -0.3 is 0 Å². The monoisotopic (exact) mass is 348 g/mol. The summed E-state index contributed by atoms with van der Waals surface area (Å²) in [7, 11) is 0. The molecule has 2 nitrogen and oxygen atoms in total. The summed E-state index contributed by atoms with van der Waals surface area (Å²) in [6.45, 7) is 0. The molecule has 0 fully saturated rings. The third kappa shape index (κ3) is 4.07. The summed E-state index contributed by atoms with van der Waals surface area (Å²) >= 11 is 4.82. The fourth-order valence-corrected chi connectivity index (χ4v) is 2.60. The van der Waals surface area contributed by atoms with Gasteiger partial charge in [0.25, 0.3) is 0 Å². The lowest BCUT2D eigenvalue weighted by atomic mass is 10.2. The molecule has 0 saturated carbocycles. The molecule has 0 spiro atoms. The van der Waals surface area contributed by atoms with E-state index in [1.165, 1.54) is 23.5 Å². The van der Waals surface area contributed by atoms with Crippen LogP contribution in [0.15, 0.2) is 45.3 Å². The Hall–Kier alpha value is -1.34. The summed E-state index contributed by atoms with van der Waals surface area (Å²) in [4.78, 5) is 0.936. The molecule has 0 amide bonds. The van der Waals surface area contributed by atoms with E-state index >= 15 is 0 Å². The van der Waals surface area contributed by atoms with E-state index in [1.807, 2.05) is 11.4 Å². The van der Waals surface area contributed by atoms with Crippen LogP contribution in [0.25, 0.3) is 0 Å². The summed E-state index contributed by atoms with van der Waals surface area (Å²) < 4.78 is 38.0. The van der Waals surface area contributed by atoms with Crippen molar-refractivity contribution in [3.63, 3.8) is 0 Å². The average Bonchev–Trinajstić information content (AvgIpc) is 2.75. The number of nitrogens with one attached hydrogen (secondary N) is 1. The summed E-state index contributed by atoms with van der Waals surface area (Å²) in [5, 5.41) is 5.87. The molecule has 0 unspecified atom stereocenters. The van der Waals surface area contributed by atoms with Crippen LogP contribution in [-0.2, 0) is 6.18 Å². The number of alkyl halides is 3. The highest BCUT2D eigenvalue weighted by atomic mass is 79.9. The van der Waals surface area contributed by atoms with Crippen LogP contribution in [0, 0.1) is 0 Å². The predicted molar refractivity (Wildman–Crippen MR) is 74.7 cm³/mol. The summed E-state index contributed by atoms with van der Waals surface area (Å²) in [6.07, 6.45) is -2.71. The third-order valence-electron chi connectivity index (χ3n) is 2.19. The molecular weight excluding hydrogens is 341 g/mol. The smallest absolute Gasteiger partial charge is 0.278 e. The molecule has 1 N–H and O–H groups in total. The van der Waals surface area contributed by atoms with Gasteiger partial charge >= 0.3 is 6.18 Å². The number of nitrogens with zero attached hydrogens (tertiary/aromatic N) is 1. The topological polar surface area (TPSA) is 24.4 Å². The molecule has 2 aromatic rings. The lowest BCUT2D eigenvalue weighted by Crippen LogP contribution is -2.04. The number of hydrogen-bond donors (Lipinski definition) is 1. The zero-order valence-corrected chi connectivity index (χ0v) is 11.8. The fourth-order valence-electron chi connectivity index (χ4n) is 1.30. The van der Waals surface area contributed by atoms with Crippen molar-refractivity contribution in [2.75, 3.05) is 5.43 Å². The Kier molecular flexibility index (Phi) is 4.26. The Bertz CT molecular complexity index is 575. The van der Waals surface area contributed by atoms with Gasteiger partial charge in [-0.3, -0.25) is 5.43 Å². The van der Waals surface area contributed by atoms with Gasteiger partial charge in [-0.05, 0) is 46.3 Å². The maximum Gasteiger partial charge on any atom is 0.416 e. The summed E-state index contributed by atoms with van der Waals surface area (Å²) in [5.41, 5.74) is 2.50. The largest absolute Gasteiger partial charge is 0.416 e. The quantitative estimate of drug-likeness (QED) is 0.614. The van der Waals surface area contributed by atoms with E-state index in [-0.39, 0.29) is 0 Å². The number of benzene rings is 1. The van der Waals surface area contributed by atoms with Gasteiger partial charge in [-0.25, -0.2) is 0 Å². The van der Waals surface area contributed by atoms with E-state index in [4.69, 9.17) is 0 Å². The Morgan fingerprint density at radius 2 is 1.89 bits per heavy atom. The normalized spacial score (nSPS) is 12.0. The van der Waals surface area contributed by atoms with Crippen LogP contribution in [0.1, 0.15) is 10.4 Å². The highest BCUT2D eigenvalue weighted by molar-refractivity contribution is 9.10. The molecule has 0 bridgehead atoms. The molecule has 1 aromatic heterocycles. The molecule has 19 heavy (non-hydrogen) atoms. The standard InChI is InChI=1S/C12H8BrF3N2S/c13-9-5-11(19-7-9)6-17-18-10-3-1-8(2-4-10)12(14,15)16/h1-7,18H. The molecule has 0 aliphatic heterocycles. The van der Waals surface area contributed by atoms with Crippen molar-refractivity contribution >= 4 is 39.2 Å². The minimum Gasteiger partial charge on any atom is -0.278 e. The Labute approximate surface area is 120 Å². The van der Waals surface area contributed by atoms with E-state index in [1.54, 1.807) is 6.21 Å². The molecular formula is C12H8BrF3N2S. The van der Waals surface area contributed by atoms with Crippen LogP contribution in [0.5, 0.6) is 0 Å². The molecule has 2 rings (SSSR count). The second kappa shape index (κ2) is 5.75. The lowest BCUT2D eigenvalue weighted by molar-refractivity contribution is -0.137. The molecule has 0 radical (unpaired) electrons. The summed E-state index contributed by atoms with van der Waals surface area (Å²) in [6, 6.07) is 6.59. The van der Waals surface area contributed by atoms with Crippen molar-refractivity contribution in [1.29, 1.82) is 0 Å². The van der Waals surface area contributed by atoms with Crippen LogP contribution < -0.4 is 5.43 Å². The SMILES string of the molecule is FC(F)(F)c1ccc(NN=Cc2cc(Br)cs2)cc1. The molecule has 0 atom stereocenters. The number of anilines is 1. The van der Waals surface area contributed by atoms with Crippen LogP contribution in [0.4, 0.5) is 18.9 Å². The predicted octanol–water partition coefficient (Wildman–Crippen LogP) is 4.98. The van der Waals surface area contributed by atoms with Crippen LogP contribution in [0.2, 0.25) is 0 Å². The minimum atomic E-state index is -4.31. The number of rotatable bonds is 3. The van der Waals surface area contributed by atoms with Crippen molar-refractivity contribution in [1.82, 2.24) is 0 Å². The van der Waals surface area contributed by atoms with Gasteiger partial charge in [-0.2, -0.15) is 18.3 Å². The van der Waals surface area contributed by atoms with Crippen molar-refractivity contribution in [2.45, 2.75) is 6.18 Å². The third-order valence-corrected chi connectivity index (χ3v) is 3.81. The summed E-state index contributed by atoms with van der Waals surface area (Å²) in [5.74, 6) is 0. The van der Waals surface area contributed by atoms with Gasteiger partial charge in [0.05, 0.1) is 17.5 Å². The Morgan fingerprint density at radius 3 is 2.42 bits per heavy atom. The minimum absolute atomic E-state index is 0.500. The van der Waals surface area contributed by atoms with Gasteiger partial charge in [0.2, 0.25) is 0 Å². The van der Waals surface area contributed by atoms with Crippen LogP contribution in [0.3, 0.4) is 0 Å². The molecule has 0 aliphatic carbocycles. The lowest BCUT2D eigenvalue weighted by Gasteiger charge is -2.06. The Balaban J connectivity index is 1.98. The maximum absolute atomic E-state index is 12.3. The first kappa shape index (κ1) is 14.1. The van der Waals surface area contributed by atoms with Crippen molar-refractivity contribution in [2.24, 2.45) is 5.10 Å². The van der Waals surface area contributed by atoms with E-state index < -0.39 is 11.7 Å². The molecule has 1 heterocycles. The van der Waals surface area contributed by atoms with Gasteiger partial charge in [0.15, 0.2) is 0 Å². The number of thiophene rings is 1. The van der Waals surface area contributed by atoms with E-state index in [9.17, 15) is 13.2 Å². The van der Waals surface area contributed by atoms with Crippen molar-refractivity contribution in [3.05, 3.63) is 50.6 Å².